The number of nitrogen functional groups attached to an aromatic ring is 1. The third-order valence-electron chi connectivity index (χ3n) is 3.12. The molecule has 0 unspecified atom stereocenters. The van der Waals surface area contributed by atoms with E-state index in [0.29, 0.717) is 11.4 Å². The molecule has 0 fully saturated rings. The van der Waals surface area contributed by atoms with E-state index in [1.807, 2.05) is 37.3 Å². The lowest BCUT2D eigenvalue weighted by Crippen LogP contribution is -2.16. The lowest BCUT2D eigenvalue weighted by atomic mass is 10.1. The van der Waals surface area contributed by atoms with Gasteiger partial charge < -0.3 is 5.73 Å². The summed E-state index contributed by atoms with van der Waals surface area (Å²) in [5, 5.41) is 4.23. The maximum absolute atomic E-state index is 12.4. The van der Waals surface area contributed by atoms with E-state index in [1.54, 1.807) is 24.3 Å². The second-order valence-corrected chi connectivity index (χ2v) is 4.75. The van der Waals surface area contributed by atoms with Crippen LogP contribution in [0.2, 0.25) is 0 Å². The summed E-state index contributed by atoms with van der Waals surface area (Å²) in [6.07, 6.45) is 0. The van der Waals surface area contributed by atoms with E-state index in [9.17, 15) is 4.79 Å². The molecule has 21 heavy (non-hydrogen) atoms. The number of nitrogens with two attached hydrogens (primary N) is 1. The van der Waals surface area contributed by atoms with Gasteiger partial charge in [0.2, 0.25) is 5.95 Å². The maximum atomic E-state index is 12.4. The summed E-state index contributed by atoms with van der Waals surface area (Å²) in [5.41, 5.74) is 8.27. The van der Waals surface area contributed by atoms with E-state index >= 15 is 0 Å². The molecule has 5 nitrogen and oxygen atoms in total. The van der Waals surface area contributed by atoms with Crippen molar-refractivity contribution < 1.29 is 4.79 Å². The number of anilines is 1. The predicted molar refractivity (Wildman–Crippen MR) is 80.8 cm³/mol. The fraction of sp³-hybridized carbons (Fsp3) is 0.0625. The second kappa shape index (κ2) is 5.20. The number of benzene rings is 2. The van der Waals surface area contributed by atoms with Crippen molar-refractivity contribution in [1.82, 2.24) is 14.8 Å². The van der Waals surface area contributed by atoms with Crippen LogP contribution in [0, 0.1) is 6.92 Å². The third-order valence-corrected chi connectivity index (χ3v) is 3.12. The van der Waals surface area contributed by atoms with Gasteiger partial charge in [0.05, 0.1) is 0 Å². The Hall–Kier alpha value is -2.95. The largest absolute Gasteiger partial charge is 0.368 e. The van der Waals surface area contributed by atoms with Gasteiger partial charge in [-0.1, -0.05) is 42.0 Å². The topological polar surface area (TPSA) is 73.8 Å². The zero-order valence-corrected chi connectivity index (χ0v) is 11.5. The quantitative estimate of drug-likeness (QED) is 0.781. The average Bonchev–Trinajstić information content (AvgIpc) is 2.89. The Balaban J connectivity index is 2.01. The first kappa shape index (κ1) is 13.1. The molecule has 0 saturated heterocycles. The van der Waals surface area contributed by atoms with Crippen LogP contribution in [0.25, 0.3) is 11.4 Å². The van der Waals surface area contributed by atoms with E-state index in [4.69, 9.17) is 5.73 Å². The van der Waals surface area contributed by atoms with E-state index < -0.39 is 0 Å². The number of aryl methyl sites for hydroxylation is 1. The van der Waals surface area contributed by atoms with Crippen LogP contribution in [-0.2, 0) is 0 Å². The molecule has 0 aliphatic carbocycles. The Bertz CT molecular complexity index is 793. The van der Waals surface area contributed by atoms with Gasteiger partial charge in [-0.15, -0.1) is 5.10 Å². The number of hydrogen-bond donors (Lipinski definition) is 1. The summed E-state index contributed by atoms with van der Waals surface area (Å²) in [7, 11) is 0. The highest BCUT2D eigenvalue weighted by atomic mass is 16.2. The molecule has 3 aromatic rings. The van der Waals surface area contributed by atoms with Crippen molar-refractivity contribution in [2.24, 2.45) is 0 Å². The molecule has 2 aromatic carbocycles. The molecule has 0 aliphatic heterocycles. The fourth-order valence-corrected chi connectivity index (χ4v) is 2.08. The van der Waals surface area contributed by atoms with Crippen molar-refractivity contribution >= 4 is 11.9 Å². The van der Waals surface area contributed by atoms with Gasteiger partial charge >= 0.3 is 0 Å². The van der Waals surface area contributed by atoms with E-state index in [-0.39, 0.29) is 11.9 Å². The molecular formula is C16H14N4O. The maximum Gasteiger partial charge on any atom is 0.281 e. The van der Waals surface area contributed by atoms with Gasteiger partial charge in [-0.25, -0.2) is 0 Å². The molecule has 5 heteroatoms. The Labute approximate surface area is 122 Å². The molecular weight excluding hydrogens is 264 g/mol. The van der Waals surface area contributed by atoms with Gasteiger partial charge in [-0.2, -0.15) is 9.67 Å². The van der Waals surface area contributed by atoms with Crippen LogP contribution in [0.1, 0.15) is 15.9 Å². The first-order chi connectivity index (χ1) is 10.1. The van der Waals surface area contributed by atoms with Gasteiger partial charge in [0, 0.05) is 11.1 Å². The van der Waals surface area contributed by atoms with Gasteiger partial charge in [0.25, 0.3) is 5.91 Å². The van der Waals surface area contributed by atoms with Crippen LogP contribution in [-0.4, -0.2) is 20.7 Å². The molecule has 104 valence electrons. The molecule has 0 amide bonds. The monoisotopic (exact) mass is 278 g/mol. The van der Waals surface area contributed by atoms with Crippen LogP contribution < -0.4 is 5.73 Å². The lowest BCUT2D eigenvalue weighted by Gasteiger charge is -2.00. The molecule has 0 bridgehead atoms. The van der Waals surface area contributed by atoms with Gasteiger partial charge in [-0.3, -0.25) is 4.79 Å². The first-order valence-corrected chi connectivity index (χ1v) is 6.54. The fourth-order valence-electron chi connectivity index (χ4n) is 2.08. The van der Waals surface area contributed by atoms with Crippen molar-refractivity contribution in [3.63, 3.8) is 0 Å². The molecule has 3 rings (SSSR count). The van der Waals surface area contributed by atoms with Crippen molar-refractivity contribution in [3.8, 4) is 11.4 Å². The molecule has 0 spiro atoms. The van der Waals surface area contributed by atoms with Crippen molar-refractivity contribution in [2.75, 3.05) is 5.73 Å². The summed E-state index contributed by atoms with van der Waals surface area (Å²) >= 11 is 0. The molecule has 0 atom stereocenters. The molecule has 2 N–H and O–H groups in total. The number of rotatable bonds is 2. The molecule has 1 aromatic heterocycles. The lowest BCUT2D eigenvalue weighted by molar-refractivity contribution is 0.0948. The van der Waals surface area contributed by atoms with Crippen molar-refractivity contribution in [3.05, 3.63) is 65.7 Å². The van der Waals surface area contributed by atoms with Crippen LogP contribution in [0.3, 0.4) is 0 Å². The van der Waals surface area contributed by atoms with E-state index in [2.05, 4.69) is 10.1 Å². The zero-order chi connectivity index (χ0) is 14.8. The third kappa shape index (κ3) is 2.53. The molecule has 0 radical (unpaired) electrons. The number of aromatic nitrogens is 3. The van der Waals surface area contributed by atoms with Crippen LogP contribution >= 0.6 is 0 Å². The standard InChI is InChI=1S/C16H14N4O/c1-11-6-5-9-13(10-11)14-18-16(17)20(19-14)15(21)12-7-3-2-4-8-12/h2-10H,1H3,(H2,17,18,19). The van der Waals surface area contributed by atoms with Crippen LogP contribution in [0.5, 0.6) is 0 Å². The van der Waals surface area contributed by atoms with E-state index in [1.165, 1.54) is 0 Å². The summed E-state index contributed by atoms with van der Waals surface area (Å²) in [4.78, 5) is 16.5. The minimum absolute atomic E-state index is 0.0837. The Kier molecular flexibility index (Phi) is 3.23. The Morgan fingerprint density at radius 1 is 1.10 bits per heavy atom. The SMILES string of the molecule is Cc1cccc(-c2nc(N)n(C(=O)c3ccccc3)n2)c1. The number of hydrogen-bond acceptors (Lipinski definition) is 4. The van der Waals surface area contributed by atoms with Gasteiger partial charge in [0.1, 0.15) is 0 Å². The smallest absolute Gasteiger partial charge is 0.281 e. The zero-order valence-electron chi connectivity index (χ0n) is 11.5. The van der Waals surface area contributed by atoms with Crippen LogP contribution in [0.15, 0.2) is 54.6 Å². The average molecular weight is 278 g/mol. The second-order valence-electron chi connectivity index (χ2n) is 4.75. The molecule has 0 aliphatic rings. The Morgan fingerprint density at radius 2 is 1.86 bits per heavy atom. The summed E-state index contributed by atoms with van der Waals surface area (Å²) < 4.78 is 1.13. The normalized spacial score (nSPS) is 10.5. The van der Waals surface area contributed by atoms with Crippen molar-refractivity contribution in [1.29, 1.82) is 0 Å². The summed E-state index contributed by atoms with van der Waals surface area (Å²) in [5.74, 6) is 0.236. The molecule has 1 heterocycles. The highest BCUT2D eigenvalue weighted by Crippen LogP contribution is 2.18. The predicted octanol–water partition coefficient (Wildman–Crippen LogP) is 2.52. The summed E-state index contributed by atoms with van der Waals surface area (Å²) in [6, 6.07) is 16.6. The minimum Gasteiger partial charge on any atom is -0.368 e. The number of carbonyl (C=O) groups excluding carboxylic acids is 1. The van der Waals surface area contributed by atoms with Crippen molar-refractivity contribution in [2.45, 2.75) is 6.92 Å². The highest BCUT2D eigenvalue weighted by molar-refractivity contribution is 5.96. The van der Waals surface area contributed by atoms with E-state index in [0.717, 1.165) is 15.8 Å². The summed E-state index contributed by atoms with van der Waals surface area (Å²) in [6.45, 7) is 1.99. The molecule has 0 saturated carbocycles. The Morgan fingerprint density at radius 3 is 2.57 bits per heavy atom. The minimum atomic E-state index is -0.292. The van der Waals surface area contributed by atoms with Gasteiger partial charge in [-0.05, 0) is 25.1 Å². The highest BCUT2D eigenvalue weighted by Gasteiger charge is 2.16. The van der Waals surface area contributed by atoms with Crippen LogP contribution in [0.4, 0.5) is 5.95 Å². The number of nitrogens with zero attached hydrogens (tertiary/aromatic N) is 3. The number of carbonyl (C=O) groups is 1. The first-order valence-electron chi connectivity index (χ1n) is 6.54. The van der Waals surface area contributed by atoms with Gasteiger partial charge in [0.15, 0.2) is 5.82 Å².